The van der Waals surface area contributed by atoms with Crippen molar-refractivity contribution in [3.8, 4) is 0 Å². The molecule has 0 aliphatic carbocycles. The van der Waals surface area contributed by atoms with Crippen LogP contribution in [0, 0.1) is 0 Å². The molecule has 2 aromatic rings. The van der Waals surface area contributed by atoms with Gasteiger partial charge in [-0.25, -0.2) is 4.79 Å². The van der Waals surface area contributed by atoms with Gasteiger partial charge in [-0.1, -0.05) is 0 Å². The second-order valence-corrected chi connectivity index (χ2v) is 7.86. The Balaban J connectivity index is 1.31. The minimum Gasteiger partial charge on any atom is -0.453 e. The molecule has 140 valence electrons. The van der Waals surface area contributed by atoms with E-state index in [-0.39, 0.29) is 11.7 Å². The molecular weight excluding hydrogens is 354 g/mol. The number of carbonyl (C=O) groups excluding carboxylic acids is 1. The Morgan fingerprint density at radius 1 is 1.31 bits per heavy atom. The third-order valence-corrected chi connectivity index (χ3v) is 6.04. The third-order valence-electron chi connectivity index (χ3n) is 5.07. The first kappa shape index (κ1) is 17.4. The molecule has 2 aliphatic heterocycles. The lowest BCUT2D eigenvalue weighted by Crippen LogP contribution is -2.46. The number of likely N-dealkylation sites (N-methyl/N-ethyl adjacent to an activating group) is 1. The van der Waals surface area contributed by atoms with Crippen molar-refractivity contribution in [3.63, 3.8) is 0 Å². The molecule has 0 N–H and O–H groups in total. The number of carbonyl (C=O) groups is 1. The van der Waals surface area contributed by atoms with E-state index < -0.39 is 0 Å². The lowest BCUT2D eigenvalue weighted by atomic mass is 9.91. The van der Waals surface area contributed by atoms with Crippen molar-refractivity contribution >= 4 is 17.9 Å². The molecule has 2 aliphatic rings. The second kappa shape index (κ2) is 6.96. The summed E-state index contributed by atoms with van der Waals surface area (Å²) in [5.74, 6) is 0.934. The van der Waals surface area contributed by atoms with E-state index in [1.54, 1.807) is 11.2 Å². The molecule has 9 heteroatoms. The van der Waals surface area contributed by atoms with E-state index in [1.165, 1.54) is 11.8 Å². The number of piperidine rings is 1. The van der Waals surface area contributed by atoms with Crippen LogP contribution in [0.1, 0.15) is 25.5 Å². The summed E-state index contributed by atoms with van der Waals surface area (Å²) in [7, 11) is 1.91. The fourth-order valence-corrected chi connectivity index (χ4v) is 4.23. The number of nitrogens with zero attached hydrogens (tertiary/aromatic N) is 5. The van der Waals surface area contributed by atoms with Crippen LogP contribution >= 0.6 is 11.8 Å². The van der Waals surface area contributed by atoms with Crippen molar-refractivity contribution in [1.82, 2.24) is 24.6 Å². The SMILES string of the molecule is CCN1CC2(CCN(Cc3ccc(Sc4nncn4C)o3)CC2)OC1=O. The van der Waals surface area contributed by atoms with Crippen LogP contribution in [0.3, 0.4) is 0 Å². The van der Waals surface area contributed by atoms with Crippen molar-refractivity contribution in [2.75, 3.05) is 26.2 Å². The highest BCUT2D eigenvalue weighted by Crippen LogP contribution is 2.34. The lowest BCUT2D eigenvalue weighted by Gasteiger charge is -2.37. The maximum atomic E-state index is 11.9. The molecule has 0 bridgehead atoms. The summed E-state index contributed by atoms with van der Waals surface area (Å²) in [5, 5.41) is 9.54. The molecule has 1 spiro atoms. The summed E-state index contributed by atoms with van der Waals surface area (Å²) in [6.07, 6.45) is 3.25. The zero-order valence-electron chi connectivity index (χ0n) is 15.1. The van der Waals surface area contributed by atoms with Crippen molar-refractivity contribution in [2.45, 2.75) is 42.2 Å². The standard InChI is InChI=1S/C17H23N5O3S/c1-3-22-11-17(25-16(22)23)6-8-21(9-7-17)10-13-4-5-14(24-13)26-15-19-18-12-20(15)2/h4-5,12H,3,6-11H2,1-2H3. The van der Waals surface area contributed by atoms with Crippen LogP contribution in [0.5, 0.6) is 0 Å². The van der Waals surface area contributed by atoms with Crippen LogP contribution < -0.4 is 0 Å². The fraction of sp³-hybridized carbons (Fsp3) is 0.588. The number of aryl methyl sites for hydroxylation is 1. The minimum atomic E-state index is -0.293. The van der Waals surface area contributed by atoms with E-state index in [2.05, 4.69) is 15.1 Å². The summed E-state index contributed by atoms with van der Waals surface area (Å²) in [6.45, 7) is 5.98. The molecule has 2 saturated heterocycles. The van der Waals surface area contributed by atoms with Gasteiger partial charge < -0.3 is 18.6 Å². The molecular formula is C17H23N5O3S. The van der Waals surface area contributed by atoms with Gasteiger partial charge in [0.05, 0.1) is 13.1 Å². The number of furan rings is 1. The average Bonchev–Trinajstić information content (AvgIpc) is 3.32. The number of rotatable bonds is 5. The van der Waals surface area contributed by atoms with Gasteiger partial charge >= 0.3 is 6.09 Å². The van der Waals surface area contributed by atoms with Crippen molar-refractivity contribution < 1.29 is 13.9 Å². The number of hydrogen-bond acceptors (Lipinski definition) is 7. The Hall–Kier alpha value is -2.00. The molecule has 8 nitrogen and oxygen atoms in total. The molecule has 0 aromatic carbocycles. The number of amides is 1. The summed E-state index contributed by atoms with van der Waals surface area (Å²) < 4.78 is 13.5. The summed E-state index contributed by atoms with van der Waals surface area (Å²) in [6, 6.07) is 3.98. The largest absolute Gasteiger partial charge is 0.453 e. The van der Waals surface area contributed by atoms with Gasteiger partial charge in [0.25, 0.3) is 0 Å². The highest BCUT2D eigenvalue weighted by molar-refractivity contribution is 7.99. The van der Waals surface area contributed by atoms with Crippen LogP contribution in [0.2, 0.25) is 0 Å². The number of likely N-dealkylation sites (tertiary alicyclic amines) is 1. The third kappa shape index (κ3) is 3.45. The van der Waals surface area contributed by atoms with E-state index in [1.807, 2.05) is 30.7 Å². The summed E-state index contributed by atoms with van der Waals surface area (Å²) in [4.78, 5) is 16.0. The summed E-state index contributed by atoms with van der Waals surface area (Å²) in [5.41, 5.74) is -0.293. The quantitative estimate of drug-likeness (QED) is 0.792. The predicted octanol–water partition coefficient (Wildman–Crippen LogP) is 2.37. The van der Waals surface area contributed by atoms with Crippen LogP contribution in [0.4, 0.5) is 4.79 Å². The highest BCUT2D eigenvalue weighted by Gasteiger charge is 2.46. The first-order valence-electron chi connectivity index (χ1n) is 8.88. The Kier molecular flexibility index (Phi) is 4.66. The predicted molar refractivity (Wildman–Crippen MR) is 94.8 cm³/mol. The topological polar surface area (TPSA) is 76.6 Å². The Morgan fingerprint density at radius 3 is 2.77 bits per heavy atom. The first-order valence-corrected chi connectivity index (χ1v) is 9.69. The first-order chi connectivity index (χ1) is 12.6. The Morgan fingerprint density at radius 2 is 2.12 bits per heavy atom. The Bertz CT molecular complexity index is 781. The van der Waals surface area contributed by atoms with E-state index in [9.17, 15) is 4.79 Å². The van der Waals surface area contributed by atoms with Gasteiger partial charge in [-0.05, 0) is 30.8 Å². The van der Waals surface area contributed by atoms with Crippen LogP contribution in [0.15, 0.2) is 33.1 Å². The molecule has 4 heterocycles. The van der Waals surface area contributed by atoms with E-state index in [0.717, 1.165) is 55.0 Å². The van der Waals surface area contributed by atoms with E-state index in [4.69, 9.17) is 9.15 Å². The molecule has 0 radical (unpaired) electrons. The Labute approximate surface area is 156 Å². The fourth-order valence-electron chi connectivity index (χ4n) is 3.49. The van der Waals surface area contributed by atoms with Gasteiger partial charge in [0.1, 0.15) is 17.7 Å². The molecule has 2 fully saturated rings. The van der Waals surface area contributed by atoms with Crippen molar-refractivity contribution in [1.29, 1.82) is 0 Å². The smallest absolute Gasteiger partial charge is 0.410 e. The number of ether oxygens (including phenoxy) is 1. The van der Waals surface area contributed by atoms with Crippen molar-refractivity contribution in [3.05, 3.63) is 24.2 Å². The zero-order chi connectivity index (χ0) is 18.1. The van der Waals surface area contributed by atoms with Crippen LogP contribution in [-0.4, -0.2) is 62.4 Å². The van der Waals surface area contributed by atoms with Gasteiger partial charge in [-0.2, -0.15) is 0 Å². The van der Waals surface area contributed by atoms with E-state index in [0.29, 0.717) is 6.54 Å². The lowest BCUT2D eigenvalue weighted by molar-refractivity contribution is -0.00279. The van der Waals surface area contributed by atoms with Gasteiger partial charge in [0, 0.05) is 39.5 Å². The van der Waals surface area contributed by atoms with Gasteiger partial charge in [0.15, 0.2) is 10.2 Å². The van der Waals surface area contributed by atoms with Gasteiger partial charge in [-0.15, -0.1) is 10.2 Å². The van der Waals surface area contributed by atoms with Crippen LogP contribution in [-0.2, 0) is 18.3 Å². The second-order valence-electron chi connectivity index (χ2n) is 6.89. The molecule has 0 atom stereocenters. The minimum absolute atomic E-state index is 0.169. The molecule has 0 unspecified atom stereocenters. The maximum Gasteiger partial charge on any atom is 0.410 e. The highest BCUT2D eigenvalue weighted by atomic mass is 32.2. The summed E-state index contributed by atoms with van der Waals surface area (Å²) >= 11 is 1.46. The van der Waals surface area contributed by atoms with Crippen LogP contribution in [0.25, 0.3) is 0 Å². The normalized spacial score (nSPS) is 20.1. The molecule has 4 rings (SSSR count). The molecule has 1 amide bonds. The monoisotopic (exact) mass is 377 g/mol. The number of hydrogen-bond donors (Lipinski definition) is 0. The average molecular weight is 377 g/mol. The van der Waals surface area contributed by atoms with E-state index >= 15 is 0 Å². The van der Waals surface area contributed by atoms with Gasteiger partial charge in [-0.3, -0.25) is 4.90 Å². The molecule has 26 heavy (non-hydrogen) atoms. The molecule has 2 aromatic heterocycles. The number of aromatic nitrogens is 3. The van der Waals surface area contributed by atoms with Gasteiger partial charge in [0.2, 0.25) is 0 Å². The zero-order valence-corrected chi connectivity index (χ0v) is 15.9. The molecule has 0 saturated carbocycles. The van der Waals surface area contributed by atoms with Crippen molar-refractivity contribution in [2.24, 2.45) is 7.05 Å². The maximum absolute atomic E-state index is 11.9.